The molecule has 118 valence electrons. The summed E-state index contributed by atoms with van der Waals surface area (Å²) in [5.74, 6) is 0.468. The van der Waals surface area contributed by atoms with Crippen LogP contribution in [0.5, 0.6) is 0 Å². The van der Waals surface area contributed by atoms with Crippen LogP contribution < -0.4 is 5.32 Å². The van der Waals surface area contributed by atoms with Gasteiger partial charge in [-0.25, -0.2) is 0 Å². The molecule has 4 heteroatoms. The summed E-state index contributed by atoms with van der Waals surface area (Å²) in [6.45, 7) is 11.6. The number of aliphatic hydroxyl groups is 1. The first-order chi connectivity index (χ1) is 9.65. The summed E-state index contributed by atoms with van der Waals surface area (Å²) in [7, 11) is 0. The quantitative estimate of drug-likeness (QED) is 0.695. The first-order valence-electron chi connectivity index (χ1n) is 8.34. The number of likely N-dealkylation sites (tertiary alicyclic amines) is 1. The molecule has 0 radical (unpaired) electrons. The van der Waals surface area contributed by atoms with Gasteiger partial charge in [0.2, 0.25) is 0 Å². The second-order valence-corrected chi connectivity index (χ2v) is 6.81. The maximum absolute atomic E-state index is 9.75. The van der Waals surface area contributed by atoms with Crippen molar-refractivity contribution in [3.05, 3.63) is 0 Å². The lowest BCUT2D eigenvalue weighted by atomic mass is 9.79. The van der Waals surface area contributed by atoms with Gasteiger partial charge in [-0.3, -0.25) is 0 Å². The third-order valence-corrected chi connectivity index (χ3v) is 5.03. The van der Waals surface area contributed by atoms with Gasteiger partial charge < -0.3 is 20.1 Å². The predicted molar refractivity (Wildman–Crippen MR) is 81.9 cm³/mol. The second-order valence-electron chi connectivity index (χ2n) is 6.81. The summed E-state index contributed by atoms with van der Waals surface area (Å²) in [6.07, 6.45) is 4.51. The minimum atomic E-state index is -0.163. The van der Waals surface area contributed by atoms with Crippen molar-refractivity contribution in [3.63, 3.8) is 0 Å². The van der Waals surface area contributed by atoms with Crippen LogP contribution in [-0.2, 0) is 4.74 Å². The number of hydrogen-bond donors (Lipinski definition) is 2. The van der Waals surface area contributed by atoms with E-state index >= 15 is 0 Å². The molecule has 0 spiro atoms. The van der Waals surface area contributed by atoms with Crippen LogP contribution in [0.3, 0.4) is 0 Å². The molecule has 2 rings (SSSR count). The Labute approximate surface area is 123 Å². The fourth-order valence-corrected chi connectivity index (χ4v) is 3.60. The zero-order chi connectivity index (χ0) is 14.4. The molecule has 0 aromatic carbocycles. The van der Waals surface area contributed by atoms with E-state index in [2.05, 4.69) is 17.1 Å². The summed E-state index contributed by atoms with van der Waals surface area (Å²) < 4.78 is 5.57. The number of ether oxygens (including phenoxy) is 1. The van der Waals surface area contributed by atoms with Gasteiger partial charge in [0.25, 0.3) is 0 Å². The smallest absolute Gasteiger partial charge is 0.0552 e. The largest absolute Gasteiger partial charge is 0.393 e. The Morgan fingerprint density at radius 2 is 2.15 bits per heavy atom. The topological polar surface area (TPSA) is 44.7 Å². The normalized spacial score (nSPS) is 28.6. The molecule has 0 bridgehead atoms. The molecule has 0 amide bonds. The number of hydrogen-bond acceptors (Lipinski definition) is 4. The van der Waals surface area contributed by atoms with E-state index in [1.165, 1.54) is 19.3 Å². The van der Waals surface area contributed by atoms with Gasteiger partial charge in [0.1, 0.15) is 0 Å². The highest BCUT2D eigenvalue weighted by molar-refractivity contribution is 4.90. The van der Waals surface area contributed by atoms with E-state index in [1.54, 1.807) is 0 Å². The van der Waals surface area contributed by atoms with Gasteiger partial charge in [-0.2, -0.15) is 0 Å². The minimum absolute atomic E-state index is 0.163. The standard InChI is InChI=1S/C16H32N2O2/c1-3-7-17-12-16(5-9-20-10-6-16)13-18-8-4-15(11-18)14(2)19/h14-15,17,19H,3-13H2,1-2H3. The third kappa shape index (κ3) is 4.42. The zero-order valence-corrected chi connectivity index (χ0v) is 13.2. The lowest BCUT2D eigenvalue weighted by Gasteiger charge is -2.40. The van der Waals surface area contributed by atoms with Gasteiger partial charge in [0.15, 0.2) is 0 Å². The Kier molecular flexibility index (Phi) is 6.27. The van der Waals surface area contributed by atoms with Crippen LogP contribution in [0, 0.1) is 11.3 Å². The highest BCUT2D eigenvalue weighted by Gasteiger charge is 2.36. The molecule has 0 aliphatic carbocycles. The summed E-state index contributed by atoms with van der Waals surface area (Å²) in [5, 5.41) is 13.4. The average molecular weight is 284 g/mol. The lowest BCUT2D eigenvalue weighted by molar-refractivity contribution is -0.00234. The predicted octanol–water partition coefficient (Wildman–Crippen LogP) is 1.49. The molecule has 2 fully saturated rings. The Morgan fingerprint density at radius 3 is 2.75 bits per heavy atom. The van der Waals surface area contributed by atoms with Crippen LogP contribution in [0.2, 0.25) is 0 Å². The van der Waals surface area contributed by atoms with Gasteiger partial charge in [-0.15, -0.1) is 0 Å². The molecular weight excluding hydrogens is 252 g/mol. The van der Waals surface area contributed by atoms with Crippen LogP contribution in [0.25, 0.3) is 0 Å². The minimum Gasteiger partial charge on any atom is -0.393 e. The Balaban J connectivity index is 1.87. The van der Waals surface area contributed by atoms with Gasteiger partial charge in [0.05, 0.1) is 6.10 Å². The molecule has 2 saturated heterocycles. The van der Waals surface area contributed by atoms with E-state index in [0.29, 0.717) is 11.3 Å². The van der Waals surface area contributed by atoms with E-state index < -0.39 is 0 Å². The first-order valence-corrected chi connectivity index (χ1v) is 8.34. The first kappa shape index (κ1) is 16.2. The summed E-state index contributed by atoms with van der Waals surface area (Å²) in [4.78, 5) is 2.57. The summed E-state index contributed by atoms with van der Waals surface area (Å²) in [5.41, 5.74) is 0.376. The third-order valence-electron chi connectivity index (χ3n) is 5.03. The van der Waals surface area contributed by atoms with Crippen molar-refractivity contribution in [2.45, 2.75) is 45.6 Å². The molecule has 0 aromatic heterocycles. The van der Waals surface area contributed by atoms with E-state index in [9.17, 15) is 5.11 Å². The molecule has 4 nitrogen and oxygen atoms in total. The highest BCUT2D eigenvalue weighted by atomic mass is 16.5. The Hall–Kier alpha value is -0.160. The summed E-state index contributed by atoms with van der Waals surface area (Å²) in [6, 6.07) is 0. The molecule has 2 aliphatic heterocycles. The van der Waals surface area contributed by atoms with Crippen LogP contribution >= 0.6 is 0 Å². The van der Waals surface area contributed by atoms with Crippen molar-refractivity contribution < 1.29 is 9.84 Å². The number of nitrogens with one attached hydrogen (secondary N) is 1. The van der Waals surface area contributed by atoms with Crippen molar-refractivity contribution in [1.29, 1.82) is 0 Å². The number of aliphatic hydroxyl groups excluding tert-OH is 1. The monoisotopic (exact) mass is 284 g/mol. The fraction of sp³-hybridized carbons (Fsp3) is 1.00. The maximum atomic E-state index is 9.75. The van der Waals surface area contributed by atoms with E-state index in [-0.39, 0.29) is 6.10 Å². The molecule has 20 heavy (non-hydrogen) atoms. The van der Waals surface area contributed by atoms with Crippen molar-refractivity contribution >= 4 is 0 Å². The molecule has 2 N–H and O–H groups in total. The van der Waals surface area contributed by atoms with E-state index in [0.717, 1.165) is 52.4 Å². The van der Waals surface area contributed by atoms with Gasteiger partial charge in [-0.05, 0) is 57.0 Å². The van der Waals surface area contributed by atoms with E-state index in [4.69, 9.17) is 4.74 Å². The second kappa shape index (κ2) is 7.74. The molecular formula is C16H32N2O2. The molecule has 2 atom stereocenters. The van der Waals surface area contributed by atoms with Gasteiger partial charge >= 0.3 is 0 Å². The zero-order valence-electron chi connectivity index (χ0n) is 13.2. The molecule has 0 saturated carbocycles. The van der Waals surface area contributed by atoms with Crippen molar-refractivity contribution in [3.8, 4) is 0 Å². The number of nitrogens with zero attached hydrogens (tertiary/aromatic N) is 1. The van der Waals surface area contributed by atoms with E-state index in [1.807, 2.05) is 6.92 Å². The molecule has 2 heterocycles. The molecule has 2 unspecified atom stereocenters. The highest BCUT2D eigenvalue weighted by Crippen LogP contribution is 2.33. The Bertz CT molecular complexity index is 278. The lowest BCUT2D eigenvalue weighted by Crippen LogP contribution is -2.47. The van der Waals surface area contributed by atoms with Crippen LogP contribution in [0.1, 0.15) is 39.5 Å². The Morgan fingerprint density at radius 1 is 1.40 bits per heavy atom. The average Bonchev–Trinajstić information content (AvgIpc) is 2.88. The van der Waals surface area contributed by atoms with Crippen molar-refractivity contribution in [1.82, 2.24) is 10.2 Å². The van der Waals surface area contributed by atoms with Gasteiger partial charge in [0, 0.05) is 32.8 Å². The maximum Gasteiger partial charge on any atom is 0.0552 e. The van der Waals surface area contributed by atoms with Crippen LogP contribution in [-0.4, -0.2) is 62.0 Å². The van der Waals surface area contributed by atoms with Crippen molar-refractivity contribution in [2.75, 3.05) is 45.9 Å². The van der Waals surface area contributed by atoms with Crippen LogP contribution in [0.15, 0.2) is 0 Å². The number of rotatable bonds is 7. The fourth-order valence-electron chi connectivity index (χ4n) is 3.60. The van der Waals surface area contributed by atoms with Gasteiger partial charge in [-0.1, -0.05) is 6.92 Å². The molecule has 2 aliphatic rings. The molecule has 0 aromatic rings. The summed E-state index contributed by atoms with van der Waals surface area (Å²) >= 11 is 0. The van der Waals surface area contributed by atoms with Crippen molar-refractivity contribution in [2.24, 2.45) is 11.3 Å². The van der Waals surface area contributed by atoms with Crippen LogP contribution in [0.4, 0.5) is 0 Å². The SMILES string of the molecule is CCCNCC1(CN2CCC(C(C)O)C2)CCOCC1.